The highest BCUT2D eigenvalue weighted by Gasteiger charge is 2.28. The summed E-state index contributed by atoms with van der Waals surface area (Å²) in [7, 11) is -2.93. The maximum Gasteiger partial charge on any atom is 0.330 e. The molecule has 0 aliphatic rings. The van der Waals surface area contributed by atoms with Crippen molar-refractivity contribution in [1.82, 2.24) is 15.0 Å². The van der Waals surface area contributed by atoms with Gasteiger partial charge in [-0.15, -0.1) is 11.3 Å². The number of carbonyl (C=O) groups excluding carboxylic acids is 2. The van der Waals surface area contributed by atoms with Gasteiger partial charge < -0.3 is 10.2 Å². The summed E-state index contributed by atoms with van der Waals surface area (Å²) >= 11 is 1.43. The van der Waals surface area contributed by atoms with Gasteiger partial charge in [-0.25, -0.2) is 23.3 Å². The molecule has 0 radical (unpaired) electrons. The van der Waals surface area contributed by atoms with Crippen LogP contribution < -0.4 is 19.7 Å². The molecule has 4 aromatic rings. The van der Waals surface area contributed by atoms with E-state index in [1.807, 2.05) is 25.5 Å². The number of anilines is 2. The van der Waals surface area contributed by atoms with Crippen molar-refractivity contribution in [2.24, 2.45) is 0 Å². The molecule has 4 rings (SSSR count). The number of urea groups is 1. The van der Waals surface area contributed by atoms with Crippen molar-refractivity contribution in [2.75, 3.05) is 16.7 Å². The Hall–Kier alpha value is -4.10. The summed E-state index contributed by atoms with van der Waals surface area (Å²) in [6, 6.07) is 12.0. The molecule has 1 unspecified atom stereocenters. The van der Waals surface area contributed by atoms with Crippen LogP contribution in [0.25, 0.3) is 10.2 Å². The Labute approximate surface area is 240 Å². The van der Waals surface area contributed by atoms with E-state index in [0.717, 1.165) is 22.4 Å². The van der Waals surface area contributed by atoms with E-state index in [0.29, 0.717) is 17.3 Å². The third-order valence-corrected chi connectivity index (χ3v) is 8.00. The fraction of sp³-hybridized carbons (Fsp3) is 0.250. The summed E-state index contributed by atoms with van der Waals surface area (Å²) in [6.45, 7) is 6.05. The SMILES string of the molecule is CN(C(=O)C(Cc1cc(F)cc(F)c1)NC(=O)NS(=O)(=O)Nc1ccc(C(C)(C)C)cc1)c1ccc2scnc2c1. The Morgan fingerprint density at radius 1 is 1.00 bits per heavy atom. The van der Waals surface area contributed by atoms with E-state index in [4.69, 9.17) is 0 Å². The number of rotatable bonds is 8. The minimum Gasteiger partial charge on any atom is -0.325 e. The van der Waals surface area contributed by atoms with E-state index in [1.165, 1.54) is 23.3 Å². The number of carbonyl (C=O) groups is 2. The van der Waals surface area contributed by atoms with Crippen LogP contribution in [0.1, 0.15) is 31.9 Å². The van der Waals surface area contributed by atoms with Crippen LogP contribution in [-0.2, 0) is 26.8 Å². The molecule has 0 saturated heterocycles. The zero-order valence-corrected chi connectivity index (χ0v) is 24.4. The van der Waals surface area contributed by atoms with Gasteiger partial charge in [-0.05, 0) is 59.0 Å². The molecule has 0 aliphatic carbocycles. The van der Waals surface area contributed by atoms with E-state index in [2.05, 4.69) is 15.0 Å². The molecule has 0 spiro atoms. The van der Waals surface area contributed by atoms with Crippen LogP contribution in [0.3, 0.4) is 0 Å². The highest BCUT2D eigenvalue weighted by molar-refractivity contribution is 7.91. The number of benzene rings is 3. The van der Waals surface area contributed by atoms with Crippen LogP contribution in [0.2, 0.25) is 0 Å². The Morgan fingerprint density at radius 3 is 2.29 bits per heavy atom. The van der Waals surface area contributed by atoms with E-state index < -0.39 is 39.8 Å². The Bertz CT molecular complexity index is 1670. The first-order valence-electron chi connectivity index (χ1n) is 12.5. The van der Waals surface area contributed by atoms with Crippen molar-refractivity contribution >= 4 is 55.1 Å². The maximum atomic E-state index is 13.9. The van der Waals surface area contributed by atoms with Gasteiger partial charge in [0.15, 0.2) is 0 Å². The van der Waals surface area contributed by atoms with E-state index in [1.54, 1.807) is 48.0 Å². The third-order valence-electron chi connectivity index (χ3n) is 6.23. The maximum absolute atomic E-state index is 13.9. The van der Waals surface area contributed by atoms with Crippen molar-refractivity contribution in [3.8, 4) is 0 Å². The lowest BCUT2D eigenvalue weighted by Crippen LogP contribution is -2.53. The summed E-state index contributed by atoms with van der Waals surface area (Å²) in [6.07, 6.45) is -0.314. The van der Waals surface area contributed by atoms with Crippen molar-refractivity contribution in [3.63, 3.8) is 0 Å². The zero-order chi connectivity index (χ0) is 29.9. The Balaban J connectivity index is 1.52. The molecule has 1 aromatic heterocycles. The molecule has 0 saturated carbocycles. The second-order valence-corrected chi connectivity index (χ2v) is 12.7. The lowest BCUT2D eigenvalue weighted by Gasteiger charge is -2.25. The zero-order valence-electron chi connectivity index (χ0n) is 22.7. The predicted molar refractivity (Wildman–Crippen MR) is 156 cm³/mol. The van der Waals surface area contributed by atoms with Crippen LogP contribution in [0.4, 0.5) is 25.0 Å². The lowest BCUT2D eigenvalue weighted by atomic mass is 9.87. The summed E-state index contributed by atoms with van der Waals surface area (Å²) in [4.78, 5) is 31.8. The summed E-state index contributed by atoms with van der Waals surface area (Å²) in [5, 5.41) is 2.34. The van der Waals surface area contributed by atoms with Gasteiger partial charge in [0.25, 0.3) is 0 Å². The second kappa shape index (κ2) is 11.8. The standard InChI is InChI=1S/C28H29F2N5O4S2/c1-28(2,3)18-5-7-21(8-6-18)33-41(38,39)34-27(37)32-24(13-17-11-19(29)14-20(30)12-17)26(36)35(4)22-9-10-25-23(15-22)31-16-40-25/h5-12,14-16,24,33H,13H2,1-4H3,(H2,32,34,37). The summed E-state index contributed by atoms with van der Waals surface area (Å²) in [5.74, 6) is -2.37. The lowest BCUT2D eigenvalue weighted by molar-refractivity contribution is -0.120. The molecule has 3 amide bonds. The van der Waals surface area contributed by atoms with Crippen molar-refractivity contribution in [3.05, 3.63) is 88.9 Å². The second-order valence-electron chi connectivity index (χ2n) is 10.4. The Kier molecular flexibility index (Phi) is 8.59. The highest BCUT2D eigenvalue weighted by atomic mass is 32.2. The number of thiazole rings is 1. The average Bonchev–Trinajstić information content (AvgIpc) is 3.34. The molecule has 13 heteroatoms. The first-order chi connectivity index (χ1) is 19.2. The number of nitrogens with one attached hydrogen (secondary N) is 3. The number of hydrogen-bond donors (Lipinski definition) is 3. The van der Waals surface area contributed by atoms with E-state index in [9.17, 15) is 26.8 Å². The molecule has 41 heavy (non-hydrogen) atoms. The van der Waals surface area contributed by atoms with Gasteiger partial charge in [-0.3, -0.25) is 9.52 Å². The molecule has 216 valence electrons. The molecular weight excluding hydrogens is 572 g/mol. The van der Waals surface area contributed by atoms with Gasteiger partial charge in [0.1, 0.15) is 17.7 Å². The van der Waals surface area contributed by atoms with Gasteiger partial charge in [-0.2, -0.15) is 8.42 Å². The average molecular weight is 602 g/mol. The number of likely N-dealkylation sites (N-methyl/N-ethyl adjacent to an activating group) is 1. The Morgan fingerprint density at radius 2 is 1.66 bits per heavy atom. The van der Waals surface area contributed by atoms with Crippen molar-refractivity contribution < 1.29 is 26.8 Å². The molecule has 0 aliphatic heterocycles. The van der Waals surface area contributed by atoms with Gasteiger partial charge in [0.05, 0.1) is 21.4 Å². The third kappa shape index (κ3) is 7.76. The van der Waals surface area contributed by atoms with Crippen LogP contribution in [-0.4, -0.2) is 38.4 Å². The first-order valence-corrected chi connectivity index (χ1v) is 14.8. The number of halogens is 2. The van der Waals surface area contributed by atoms with E-state index >= 15 is 0 Å². The summed E-state index contributed by atoms with van der Waals surface area (Å²) in [5.41, 5.74) is 3.94. The van der Waals surface area contributed by atoms with Crippen LogP contribution in [0, 0.1) is 11.6 Å². The molecule has 0 bridgehead atoms. The molecule has 3 aromatic carbocycles. The molecule has 1 heterocycles. The molecule has 1 atom stereocenters. The first kappa shape index (κ1) is 29.9. The fourth-order valence-electron chi connectivity index (χ4n) is 4.11. The van der Waals surface area contributed by atoms with Gasteiger partial charge in [-0.1, -0.05) is 32.9 Å². The number of fused-ring (bicyclic) bond motifs is 1. The fourth-order valence-corrected chi connectivity index (χ4v) is 5.57. The highest BCUT2D eigenvalue weighted by Crippen LogP contribution is 2.25. The van der Waals surface area contributed by atoms with E-state index in [-0.39, 0.29) is 23.1 Å². The van der Waals surface area contributed by atoms with Gasteiger partial charge in [0.2, 0.25) is 5.91 Å². The number of aromatic nitrogens is 1. The van der Waals surface area contributed by atoms with Crippen LogP contribution in [0.5, 0.6) is 0 Å². The van der Waals surface area contributed by atoms with Crippen LogP contribution in [0.15, 0.2) is 66.2 Å². The van der Waals surface area contributed by atoms with Crippen molar-refractivity contribution in [1.29, 1.82) is 0 Å². The normalized spacial score (nSPS) is 12.5. The predicted octanol–water partition coefficient (Wildman–Crippen LogP) is 5.10. The smallest absolute Gasteiger partial charge is 0.325 e. The number of amides is 3. The number of nitrogens with zero attached hydrogens (tertiary/aromatic N) is 2. The molecular formula is C28H29F2N5O4S2. The minimum atomic E-state index is -4.39. The number of hydrogen-bond acceptors (Lipinski definition) is 6. The molecule has 0 fully saturated rings. The summed E-state index contributed by atoms with van der Waals surface area (Å²) < 4.78 is 58.1. The minimum absolute atomic E-state index is 0.0874. The molecule has 9 nitrogen and oxygen atoms in total. The molecule has 3 N–H and O–H groups in total. The van der Waals surface area contributed by atoms with Crippen LogP contribution >= 0.6 is 11.3 Å². The monoisotopic (exact) mass is 601 g/mol. The quantitative estimate of drug-likeness (QED) is 0.260. The van der Waals surface area contributed by atoms with Crippen molar-refractivity contribution in [2.45, 2.75) is 38.6 Å². The van der Waals surface area contributed by atoms with Gasteiger partial charge >= 0.3 is 16.2 Å². The topological polar surface area (TPSA) is 121 Å². The largest absolute Gasteiger partial charge is 0.330 e. The van der Waals surface area contributed by atoms with Gasteiger partial charge in [0, 0.05) is 25.2 Å².